The first kappa shape index (κ1) is 24.7. The highest BCUT2D eigenvalue weighted by Crippen LogP contribution is 2.44. The van der Waals surface area contributed by atoms with Crippen LogP contribution in [0.2, 0.25) is 0 Å². The summed E-state index contributed by atoms with van der Waals surface area (Å²) in [5, 5.41) is 23.7. The number of fused-ring (bicyclic) bond motifs is 3. The summed E-state index contributed by atoms with van der Waals surface area (Å²) in [6.07, 6.45) is 1.99. The molecule has 2 aromatic rings. The van der Waals surface area contributed by atoms with E-state index in [1.165, 1.54) is 0 Å². The fraction of sp³-hybridized carbons (Fsp3) is 0.444. The molecule has 1 fully saturated rings. The van der Waals surface area contributed by atoms with E-state index >= 15 is 0 Å². The van der Waals surface area contributed by atoms with Gasteiger partial charge in [-0.3, -0.25) is 4.79 Å². The van der Waals surface area contributed by atoms with Crippen molar-refractivity contribution in [3.8, 4) is 11.1 Å². The highest BCUT2D eigenvalue weighted by atomic mass is 16.5. The summed E-state index contributed by atoms with van der Waals surface area (Å²) >= 11 is 0. The number of hydrogen-bond acceptors (Lipinski definition) is 5. The molecule has 8 heteroatoms. The second kappa shape index (κ2) is 10.5. The van der Waals surface area contributed by atoms with Gasteiger partial charge in [-0.1, -0.05) is 55.5 Å². The average molecular weight is 481 g/mol. The van der Waals surface area contributed by atoms with Gasteiger partial charge in [0.1, 0.15) is 12.6 Å². The Morgan fingerprint density at radius 2 is 1.60 bits per heavy atom. The maximum atomic E-state index is 13.1. The van der Waals surface area contributed by atoms with E-state index < -0.39 is 36.0 Å². The monoisotopic (exact) mass is 480 g/mol. The molecule has 2 aromatic carbocycles. The third kappa shape index (κ3) is 5.17. The van der Waals surface area contributed by atoms with Crippen molar-refractivity contribution < 1.29 is 29.3 Å². The molecule has 0 heterocycles. The van der Waals surface area contributed by atoms with Crippen LogP contribution in [-0.2, 0) is 14.3 Å². The summed E-state index contributed by atoms with van der Waals surface area (Å²) in [5.41, 5.74) is 3.56. The molecule has 1 unspecified atom stereocenters. The van der Waals surface area contributed by atoms with Crippen LogP contribution in [0.15, 0.2) is 48.5 Å². The molecule has 0 aliphatic heterocycles. The van der Waals surface area contributed by atoms with Gasteiger partial charge in [0, 0.05) is 12.5 Å². The zero-order valence-electron chi connectivity index (χ0n) is 19.8. The van der Waals surface area contributed by atoms with Gasteiger partial charge < -0.3 is 25.6 Å². The number of ether oxygens (including phenoxy) is 1. The lowest BCUT2D eigenvalue weighted by Gasteiger charge is -2.38. The standard InChI is InChI=1S/C27H32N2O6/c1-17-10-12-27(13-11-17,25(33)29-23(14-30)24(31)32)16-28-26(34)35-15-22-20-8-4-2-6-18(20)19-7-3-5-9-21(19)22/h2-9,17,22-23,30H,10-16H2,1H3,(H,28,34)(H,29,33)(H,31,32). The molecule has 35 heavy (non-hydrogen) atoms. The molecular weight excluding hydrogens is 448 g/mol. The summed E-state index contributed by atoms with van der Waals surface area (Å²) in [6, 6.07) is 14.8. The van der Waals surface area contributed by atoms with E-state index in [0.717, 1.165) is 35.1 Å². The summed E-state index contributed by atoms with van der Waals surface area (Å²) in [6.45, 7) is 1.61. The van der Waals surface area contributed by atoms with Crippen molar-refractivity contribution in [1.82, 2.24) is 10.6 Å². The van der Waals surface area contributed by atoms with Gasteiger partial charge in [0.05, 0.1) is 12.0 Å². The predicted octanol–water partition coefficient (Wildman–Crippen LogP) is 3.28. The molecule has 2 aliphatic carbocycles. The molecule has 0 radical (unpaired) electrons. The molecule has 0 saturated heterocycles. The molecule has 0 spiro atoms. The third-order valence-corrected chi connectivity index (χ3v) is 7.41. The number of carbonyl (C=O) groups excluding carboxylic acids is 2. The van der Waals surface area contributed by atoms with Crippen molar-refractivity contribution >= 4 is 18.0 Å². The number of hydrogen-bond donors (Lipinski definition) is 4. The topological polar surface area (TPSA) is 125 Å². The minimum Gasteiger partial charge on any atom is -0.480 e. The van der Waals surface area contributed by atoms with Crippen molar-refractivity contribution in [3.05, 3.63) is 59.7 Å². The largest absolute Gasteiger partial charge is 0.480 e. The van der Waals surface area contributed by atoms with Crippen LogP contribution in [0, 0.1) is 11.3 Å². The van der Waals surface area contributed by atoms with Crippen molar-refractivity contribution in [1.29, 1.82) is 0 Å². The van der Waals surface area contributed by atoms with E-state index in [-0.39, 0.29) is 19.1 Å². The minimum absolute atomic E-state index is 0.0417. The van der Waals surface area contributed by atoms with Gasteiger partial charge in [0.25, 0.3) is 0 Å². The maximum absolute atomic E-state index is 13.1. The van der Waals surface area contributed by atoms with Crippen LogP contribution in [0.5, 0.6) is 0 Å². The Kier molecular flexibility index (Phi) is 7.40. The van der Waals surface area contributed by atoms with Gasteiger partial charge in [-0.15, -0.1) is 0 Å². The van der Waals surface area contributed by atoms with Crippen molar-refractivity contribution in [2.75, 3.05) is 19.8 Å². The quantitative estimate of drug-likeness (QED) is 0.460. The molecular formula is C27H32N2O6. The average Bonchev–Trinajstić information content (AvgIpc) is 3.19. The zero-order valence-corrected chi connectivity index (χ0v) is 19.8. The number of benzene rings is 2. The van der Waals surface area contributed by atoms with Crippen LogP contribution in [-0.4, -0.2) is 54.0 Å². The van der Waals surface area contributed by atoms with Crippen LogP contribution < -0.4 is 10.6 Å². The number of aliphatic hydroxyl groups is 1. The first-order valence-corrected chi connectivity index (χ1v) is 12.1. The number of carbonyl (C=O) groups is 3. The van der Waals surface area contributed by atoms with Gasteiger partial charge >= 0.3 is 12.1 Å². The van der Waals surface area contributed by atoms with E-state index in [9.17, 15) is 24.6 Å². The smallest absolute Gasteiger partial charge is 0.407 e. The molecule has 8 nitrogen and oxygen atoms in total. The van der Waals surface area contributed by atoms with Gasteiger partial charge in [-0.2, -0.15) is 0 Å². The van der Waals surface area contributed by atoms with Crippen LogP contribution in [0.25, 0.3) is 11.1 Å². The molecule has 1 saturated carbocycles. The summed E-state index contributed by atoms with van der Waals surface area (Å²) in [4.78, 5) is 37.1. The third-order valence-electron chi connectivity index (χ3n) is 7.41. The Labute approximate surface area is 204 Å². The highest BCUT2D eigenvalue weighted by molar-refractivity contribution is 5.88. The number of aliphatic carboxylic acids is 1. The lowest BCUT2D eigenvalue weighted by Crippen LogP contribution is -2.54. The van der Waals surface area contributed by atoms with E-state index in [2.05, 4.69) is 29.7 Å². The molecule has 4 N–H and O–H groups in total. The fourth-order valence-electron chi connectivity index (χ4n) is 5.19. The second-order valence-corrected chi connectivity index (χ2v) is 9.69. The van der Waals surface area contributed by atoms with Crippen molar-refractivity contribution in [3.63, 3.8) is 0 Å². The predicted molar refractivity (Wildman–Crippen MR) is 130 cm³/mol. The normalized spacial score (nSPS) is 21.9. The van der Waals surface area contributed by atoms with Gasteiger partial charge in [0.15, 0.2) is 0 Å². The zero-order chi connectivity index (χ0) is 25.0. The first-order valence-electron chi connectivity index (χ1n) is 12.1. The maximum Gasteiger partial charge on any atom is 0.407 e. The van der Waals surface area contributed by atoms with Gasteiger partial charge in [0.2, 0.25) is 5.91 Å². The Morgan fingerprint density at radius 3 is 2.14 bits per heavy atom. The van der Waals surface area contributed by atoms with Crippen LogP contribution in [0.3, 0.4) is 0 Å². The van der Waals surface area contributed by atoms with Crippen LogP contribution in [0.1, 0.15) is 49.7 Å². The molecule has 1 atom stereocenters. The fourth-order valence-corrected chi connectivity index (χ4v) is 5.19. The lowest BCUT2D eigenvalue weighted by molar-refractivity contribution is -0.145. The van der Waals surface area contributed by atoms with E-state index in [1.54, 1.807) is 0 Å². The van der Waals surface area contributed by atoms with Gasteiger partial charge in [-0.25, -0.2) is 9.59 Å². The summed E-state index contributed by atoms with van der Waals surface area (Å²) < 4.78 is 5.60. The number of alkyl carbamates (subject to hydrolysis) is 1. The van der Waals surface area contributed by atoms with E-state index in [1.807, 2.05) is 36.4 Å². The summed E-state index contributed by atoms with van der Waals surface area (Å²) in [7, 11) is 0. The molecule has 2 amide bonds. The Bertz CT molecular complexity index is 1050. The number of carboxylic acids is 1. The van der Waals surface area contributed by atoms with Crippen molar-refractivity contribution in [2.24, 2.45) is 11.3 Å². The SMILES string of the molecule is CC1CCC(CNC(=O)OCC2c3ccccc3-c3ccccc32)(C(=O)NC(CO)C(=O)O)CC1. The molecule has 0 bridgehead atoms. The lowest BCUT2D eigenvalue weighted by atomic mass is 9.70. The van der Waals surface area contributed by atoms with Crippen molar-refractivity contribution in [2.45, 2.75) is 44.6 Å². The number of rotatable bonds is 8. The Morgan fingerprint density at radius 1 is 1.03 bits per heavy atom. The highest BCUT2D eigenvalue weighted by Gasteiger charge is 2.42. The first-order chi connectivity index (χ1) is 16.8. The molecule has 186 valence electrons. The Balaban J connectivity index is 1.41. The summed E-state index contributed by atoms with van der Waals surface area (Å²) in [5.74, 6) is -1.39. The number of nitrogens with one attached hydrogen (secondary N) is 2. The Hall–Kier alpha value is -3.39. The number of aliphatic hydroxyl groups excluding tert-OH is 1. The van der Waals surface area contributed by atoms with E-state index in [0.29, 0.717) is 18.8 Å². The second-order valence-electron chi connectivity index (χ2n) is 9.69. The number of carboxylic acid groups (broad SMARTS) is 1. The molecule has 2 aliphatic rings. The van der Waals surface area contributed by atoms with Crippen LogP contribution >= 0.6 is 0 Å². The van der Waals surface area contributed by atoms with Gasteiger partial charge in [-0.05, 0) is 53.9 Å². The molecule has 4 rings (SSSR count). The van der Waals surface area contributed by atoms with E-state index in [4.69, 9.17) is 4.74 Å². The molecule has 0 aromatic heterocycles. The minimum atomic E-state index is -1.38. The number of amides is 2. The van der Waals surface area contributed by atoms with Crippen LogP contribution in [0.4, 0.5) is 4.79 Å².